The monoisotopic (exact) mass is 341 g/mol. The lowest BCUT2D eigenvalue weighted by Crippen LogP contribution is -2.07. The molecular formula is C12H12F5N3OS. The molecule has 3 rings (SSSR count). The molecule has 0 aliphatic heterocycles. The first-order valence-corrected chi connectivity index (χ1v) is 8.31. The summed E-state index contributed by atoms with van der Waals surface area (Å²) in [6, 6.07) is 2.83. The van der Waals surface area contributed by atoms with Crippen molar-refractivity contribution in [1.82, 2.24) is 15.0 Å². The fraction of sp³-hybridized carbons (Fsp3) is 0.333. The Balaban J connectivity index is 1.94. The molecule has 4 nitrogen and oxygen atoms in total. The molecule has 1 aliphatic carbocycles. The highest BCUT2D eigenvalue weighted by Crippen LogP contribution is 3.02. The highest BCUT2D eigenvalue weighted by molar-refractivity contribution is 8.45. The van der Waals surface area contributed by atoms with Crippen LogP contribution in [0, 0.1) is 5.92 Å². The Morgan fingerprint density at radius 3 is 2.55 bits per heavy atom. The Bertz CT molecular complexity index is 730. The highest BCUT2D eigenvalue weighted by Gasteiger charge is 2.65. The van der Waals surface area contributed by atoms with E-state index >= 15 is 0 Å². The molecule has 10 heteroatoms. The van der Waals surface area contributed by atoms with Gasteiger partial charge in [-0.15, -0.1) is 5.10 Å². The molecule has 1 fully saturated rings. The number of nitrogens with zero attached hydrogens (tertiary/aromatic N) is 3. The first kappa shape index (κ1) is 15.2. The number of hydrogen-bond donors (Lipinski definition) is 1. The largest absolute Gasteiger partial charge is 0.396 e. The topological polar surface area (TPSA) is 50.9 Å². The summed E-state index contributed by atoms with van der Waals surface area (Å²) in [5.74, 6) is 0.0822. The van der Waals surface area contributed by atoms with Crippen LogP contribution in [0.15, 0.2) is 35.4 Å². The van der Waals surface area contributed by atoms with Gasteiger partial charge in [0.2, 0.25) is 0 Å². The van der Waals surface area contributed by atoms with Gasteiger partial charge < -0.3 is 5.11 Å². The quantitative estimate of drug-likeness (QED) is 0.855. The second kappa shape index (κ2) is 3.99. The van der Waals surface area contributed by atoms with Gasteiger partial charge >= 0.3 is 10.2 Å². The lowest BCUT2D eigenvalue weighted by atomic mass is 10.2. The van der Waals surface area contributed by atoms with Crippen LogP contribution in [0.3, 0.4) is 0 Å². The van der Waals surface area contributed by atoms with Crippen LogP contribution in [0.4, 0.5) is 19.4 Å². The molecule has 1 N–H and O–H groups in total. The molecule has 0 bridgehead atoms. The van der Waals surface area contributed by atoms with Crippen molar-refractivity contribution >= 4 is 10.2 Å². The van der Waals surface area contributed by atoms with Crippen molar-refractivity contribution < 1.29 is 24.5 Å². The molecular weight excluding hydrogens is 329 g/mol. The van der Waals surface area contributed by atoms with Crippen molar-refractivity contribution in [3.8, 4) is 5.69 Å². The Hall–Kier alpha value is -1.68. The number of aromatic nitrogens is 3. The van der Waals surface area contributed by atoms with E-state index in [1.807, 2.05) is 0 Å². The molecule has 1 aliphatic rings. The molecule has 0 spiro atoms. The Kier molecular flexibility index (Phi) is 2.76. The van der Waals surface area contributed by atoms with Gasteiger partial charge in [0.05, 0.1) is 17.6 Å². The molecule has 22 heavy (non-hydrogen) atoms. The van der Waals surface area contributed by atoms with Crippen LogP contribution in [0.1, 0.15) is 18.0 Å². The van der Waals surface area contributed by atoms with E-state index in [4.69, 9.17) is 5.11 Å². The second-order valence-corrected chi connectivity index (χ2v) is 7.75. The lowest BCUT2D eigenvalue weighted by molar-refractivity contribution is 0.273. The van der Waals surface area contributed by atoms with Gasteiger partial charge in [0.25, 0.3) is 0 Å². The first-order valence-electron chi connectivity index (χ1n) is 6.35. The van der Waals surface area contributed by atoms with E-state index in [1.165, 1.54) is 12.3 Å². The minimum atomic E-state index is -9.72. The number of halogens is 5. The van der Waals surface area contributed by atoms with Gasteiger partial charge in [-0.3, -0.25) is 0 Å². The maximum Gasteiger partial charge on any atom is 0.310 e. The Morgan fingerprint density at radius 2 is 1.95 bits per heavy atom. The molecule has 1 aromatic carbocycles. The van der Waals surface area contributed by atoms with E-state index in [1.54, 1.807) is 0 Å². The van der Waals surface area contributed by atoms with Crippen LogP contribution in [-0.2, 0) is 0 Å². The van der Waals surface area contributed by atoms with Crippen LogP contribution in [0.5, 0.6) is 0 Å². The third-order valence-electron chi connectivity index (χ3n) is 3.58. The van der Waals surface area contributed by atoms with E-state index < -0.39 is 15.1 Å². The first-order chi connectivity index (χ1) is 9.97. The normalized spacial score (nSPS) is 24.6. The molecule has 1 saturated carbocycles. The predicted molar refractivity (Wildman–Crippen MR) is 70.7 cm³/mol. The minimum Gasteiger partial charge on any atom is -0.396 e. The van der Waals surface area contributed by atoms with E-state index in [0.29, 0.717) is 17.8 Å². The van der Waals surface area contributed by atoms with Crippen molar-refractivity contribution in [3.63, 3.8) is 0 Å². The summed E-state index contributed by atoms with van der Waals surface area (Å²) in [6.07, 6.45) is 2.12. The molecule has 2 atom stereocenters. The highest BCUT2D eigenvalue weighted by atomic mass is 32.5. The number of benzene rings is 1. The van der Waals surface area contributed by atoms with Gasteiger partial charge in [-0.1, -0.05) is 30.7 Å². The van der Waals surface area contributed by atoms with Gasteiger partial charge in [-0.05, 0) is 30.5 Å². The average Bonchev–Trinajstić information content (AvgIpc) is 3.04. The molecule has 1 heterocycles. The summed E-state index contributed by atoms with van der Waals surface area (Å²) in [7, 11) is -9.72. The average molecular weight is 341 g/mol. The zero-order valence-corrected chi connectivity index (χ0v) is 11.9. The third-order valence-corrected chi connectivity index (χ3v) is 4.72. The smallest absolute Gasteiger partial charge is 0.310 e. The van der Waals surface area contributed by atoms with Crippen LogP contribution in [0.2, 0.25) is 0 Å². The molecule has 0 radical (unpaired) electrons. The number of hydrogen-bond acceptors (Lipinski definition) is 3. The van der Waals surface area contributed by atoms with Crippen molar-refractivity contribution in [3.05, 3.63) is 36.2 Å². The number of aliphatic hydroxyl groups is 1. The SMILES string of the molecule is OC[C@@H]1C[C@@H]1c1cn(-c2cccc(S(F)(F)(F)(F)F)c2)nn1. The molecule has 0 saturated heterocycles. The summed E-state index contributed by atoms with van der Waals surface area (Å²) in [5.41, 5.74) is 0.377. The standard InChI is InChI=1S/C12H12F5N3OS/c13-22(14,15,16,17)10-3-1-2-9(5-10)20-6-12(18-19-20)11-4-8(11)7-21/h1-3,5-6,8,11,21H,4,7H2/t8-,11-/m0/s1. The summed E-state index contributed by atoms with van der Waals surface area (Å²) in [5, 5.41) is 16.5. The molecule has 0 unspecified atom stereocenters. The summed E-state index contributed by atoms with van der Waals surface area (Å²) in [4.78, 5) is -1.96. The minimum absolute atomic E-state index is 0.00275. The zero-order valence-electron chi connectivity index (χ0n) is 11.0. The second-order valence-electron chi connectivity index (χ2n) is 5.34. The van der Waals surface area contributed by atoms with Gasteiger partial charge in [0, 0.05) is 12.5 Å². The number of rotatable bonds is 4. The van der Waals surface area contributed by atoms with E-state index in [2.05, 4.69) is 10.3 Å². The van der Waals surface area contributed by atoms with E-state index in [-0.39, 0.29) is 24.1 Å². The maximum absolute atomic E-state index is 12.8. The number of aliphatic hydroxyl groups excluding tert-OH is 1. The third kappa shape index (κ3) is 2.93. The zero-order chi connectivity index (χ0) is 16.2. The Morgan fingerprint density at radius 1 is 1.23 bits per heavy atom. The maximum atomic E-state index is 12.8. The van der Waals surface area contributed by atoms with Crippen molar-refractivity contribution in [2.45, 2.75) is 17.2 Å². The summed E-state index contributed by atoms with van der Waals surface area (Å²) >= 11 is 0. The fourth-order valence-corrected chi connectivity index (χ4v) is 2.93. The van der Waals surface area contributed by atoms with Gasteiger partial charge in [-0.2, -0.15) is 0 Å². The molecule has 2 aromatic rings. The van der Waals surface area contributed by atoms with Crippen LogP contribution >= 0.6 is 10.2 Å². The predicted octanol–water partition coefficient (Wildman–Crippen LogP) is 4.02. The summed E-state index contributed by atoms with van der Waals surface area (Å²) in [6.45, 7) is -0.00275. The van der Waals surface area contributed by atoms with Crippen LogP contribution < -0.4 is 0 Å². The van der Waals surface area contributed by atoms with Crippen molar-refractivity contribution in [1.29, 1.82) is 0 Å². The fourth-order valence-electron chi connectivity index (χ4n) is 2.25. The van der Waals surface area contributed by atoms with Gasteiger partial charge in [0.15, 0.2) is 0 Å². The lowest BCUT2D eigenvalue weighted by Gasteiger charge is -2.40. The van der Waals surface area contributed by atoms with Crippen LogP contribution in [0.25, 0.3) is 5.69 Å². The van der Waals surface area contributed by atoms with E-state index in [0.717, 1.165) is 17.2 Å². The van der Waals surface area contributed by atoms with E-state index in [9.17, 15) is 19.4 Å². The summed E-state index contributed by atoms with van der Waals surface area (Å²) < 4.78 is 65.1. The molecule has 0 amide bonds. The van der Waals surface area contributed by atoms with Gasteiger partial charge in [-0.25, -0.2) is 4.68 Å². The van der Waals surface area contributed by atoms with Crippen molar-refractivity contribution in [2.75, 3.05) is 6.61 Å². The Labute approximate surface area is 122 Å². The van der Waals surface area contributed by atoms with Gasteiger partial charge in [0.1, 0.15) is 4.90 Å². The van der Waals surface area contributed by atoms with Crippen molar-refractivity contribution in [2.24, 2.45) is 5.92 Å². The van der Waals surface area contributed by atoms with Crippen LogP contribution in [-0.4, -0.2) is 26.7 Å². The molecule has 1 aromatic heterocycles. The molecule has 122 valence electrons.